The van der Waals surface area contributed by atoms with Gasteiger partial charge in [0, 0.05) is 6.07 Å². The van der Waals surface area contributed by atoms with Gasteiger partial charge in [-0.25, -0.2) is 18.0 Å². The molecule has 136 valence electrons. The Hall–Kier alpha value is -3.14. The van der Waals surface area contributed by atoms with Crippen molar-refractivity contribution in [3.05, 3.63) is 68.5 Å². The van der Waals surface area contributed by atoms with Gasteiger partial charge < -0.3 is 10.1 Å². The first-order valence-electron chi connectivity index (χ1n) is 6.75. The number of ether oxygens (including phenoxy) is 1. The number of anilines is 1. The molecule has 0 saturated carbocycles. The Labute approximate surface area is 148 Å². The number of amides is 1. The van der Waals surface area contributed by atoms with Crippen LogP contribution in [0.25, 0.3) is 0 Å². The summed E-state index contributed by atoms with van der Waals surface area (Å²) in [5, 5.41) is 12.5. The zero-order valence-corrected chi connectivity index (χ0v) is 13.4. The predicted molar refractivity (Wildman–Crippen MR) is 83.3 cm³/mol. The third kappa shape index (κ3) is 4.28. The molecule has 0 heterocycles. The summed E-state index contributed by atoms with van der Waals surface area (Å²) in [6.45, 7) is -0.895. The van der Waals surface area contributed by atoms with E-state index < -0.39 is 52.2 Å². The van der Waals surface area contributed by atoms with Crippen LogP contribution in [0, 0.1) is 27.6 Å². The van der Waals surface area contributed by atoms with Gasteiger partial charge in [0.25, 0.3) is 11.6 Å². The fraction of sp³-hybridized carbons (Fsp3) is 0.0667. The summed E-state index contributed by atoms with van der Waals surface area (Å²) in [6.07, 6.45) is 0. The van der Waals surface area contributed by atoms with Crippen molar-refractivity contribution in [1.29, 1.82) is 0 Å². The first-order valence-corrected chi connectivity index (χ1v) is 7.13. The molecule has 1 amide bonds. The number of rotatable bonds is 5. The van der Waals surface area contributed by atoms with Crippen molar-refractivity contribution in [2.24, 2.45) is 0 Å². The van der Waals surface area contributed by atoms with Crippen LogP contribution >= 0.6 is 11.6 Å². The minimum atomic E-state index is -1.77. The highest BCUT2D eigenvalue weighted by atomic mass is 35.5. The number of carbonyl (C=O) groups is 2. The van der Waals surface area contributed by atoms with Crippen molar-refractivity contribution in [1.82, 2.24) is 0 Å². The van der Waals surface area contributed by atoms with E-state index in [0.717, 1.165) is 24.3 Å². The van der Waals surface area contributed by atoms with Crippen LogP contribution in [0.1, 0.15) is 10.4 Å². The summed E-state index contributed by atoms with van der Waals surface area (Å²) in [5.41, 5.74) is -1.42. The maximum absolute atomic E-state index is 13.4. The lowest BCUT2D eigenvalue weighted by atomic mass is 10.2. The smallest absolute Gasteiger partial charge is 0.338 e. The Balaban J connectivity index is 2.01. The molecule has 0 unspecified atom stereocenters. The molecule has 0 aliphatic carbocycles. The summed E-state index contributed by atoms with van der Waals surface area (Å²) in [6, 6.07) is 4.50. The van der Waals surface area contributed by atoms with Crippen molar-refractivity contribution in [2.75, 3.05) is 11.9 Å². The zero-order chi connectivity index (χ0) is 19.4. The van der Waals surface area contributed by atoms with Crippen molar-refractivity contribution >= 4 is 34.9 Å². The Morgan fingerprint density at radius 2 is 1.85 bits per heavy atom. The van der Waals surface area contributed by atoms with E-state index in [4.69, 9.17) is 11.6 Å². The maximum Gasteiger partial charge on any atom is 0.338 e. The summed E-state index contributed by atoms with van der Waals surface area (Å²) >= 11 is 5.60. The molecule has 1 N–H and O–H groups in total. The molecule has 0 aromatic heterocycles. The maximum atomic E-state index is 13.4. The normalized spacial score (nSPS) is 10.3. The van der Waals surface area contributed by atoms with Crippen LogP contribution in [-0.2, 0) is 9.53 Å². The number of nitro benzene ring substituents is 1. The quantitative estimate of drug-likeness (QED) is 0.366. The fourth-order valence-electron chi connectivity index (χ4n) is 1.80. The van der Waals surface area contributed by atoms with Crippen LogP contribution in [0.5, 0.6) is 0 Å². The van der Waals surface area contributed by atoms with Gasteiger partial charge in [-0.15, -0.1) is 0 Å². The molecule has 7 nitrogen and oxygen atoms in total. The Bertz CT molecular complexity index is 907. The number of benzene rings is 2. The second kappa shape index (κ2) is 7.83. The molecule has 11 heteroatoms. The fourth-order valence-corrected chi connectivity index (χ4v) is 1.99. The van der Waals surface area contributed by atoms with Crippen molar-refractivity contribution in [3.8, 4) is 0 Å². The molecule has 0 aliphatic rings. The molecule has 0 spiro atoms. The number of hydrogen-bond donors (Lipinski definition) is 1. The van der Waals surface area contributed by atoms with Gasteiger partial charge in [0.1, 0.15) is 5.02 Å². The van der Waals surface area contributed by atoms with E-state index in [2.05, 4.69) is 4.74 Å². The number of nitrogens with one attached hydrogen (secondary N) is 1. The predicted octanol–water partition coefficient (Wildman–Crippen LogP) is 3.46. The van der Waals surface area contributed by atoms with E-state index in [-0.39, 0.29) is 10.6 Å². The van der Waals surface area contributed by atoms with Gasteiger partial charge in [0.15, 0.2) is 24.1 Å². The molecule has 0 fully saturated rings. The van der Waals surface area contributed by atoms with Gasteiger partial charge in [-0.3, -0.25) is 14.9 Å². The SMILES string of the molecule is O=C(COC(=O)c1ccc(Cl)c([N+](=O)[O-])c1)Nc1ccc(F)c(F)c1F. The van der Waals surface area contributed by atoms with Gasteiger partial charge in [-0.2, -0.15) is 0 Å². The number of esters is 1. The van der Waals surface area contributed by atoms with Crippen LogP contribution < -0.4 is 5.32 Å². The van der Waals surface area contributed by atoms with E-state index in [9.17, 15) is 32.9 Å². The first kappa shape index (κ1) is 19.2. The lowest BCUT2D eigenvalue weighted by Gasteiger charge is -2.08. The van der Waals surface area contributed by atoms with Crippen LogP contribution in [0.2, 0.25) is 5.02 Å². The van der Waals surface area contributed by atoms with Gasteiger partial charge >= 0.3 is 5.97 Å². The molecular weight excluding hydrogens is 381 g/mol. The standard InChI is InChI=1S/C15H8ClF3N2O5/c16-8-2-1-7(5-11(8)21(24)25)15(23)26-6-12(22)20-10-4-3-9(17)13(18)14(10)19/h1-5H,6H2,(H,20,22). The Morgan fingerprint density at radius 3 is 2.50 bits per heavy atom. The van der Waals surface area contributed by atoms with Gasteiger partial charge in [-0.05, 0) is 24.3 Å². The van der Waals surface area contributed by atoms with E-state index in [1.165, 1.54) is 0 Å². The third-order valence-corrected chi connectivity index (χ3v) is 3.34. The molecule has 0 bridgehead atoms. The van der Waals surface area contributed by atoms with Crippen LogP contribution in [0.15, 0.2) is 30.3 Å². The highest BCUT2D eigenvalue weighted by Crippen LogP contribution is 2.25. The van der Waals surface area contributed by atoms with Crippen LogP contribution in [0.4, 0.5) is 24.5 Å². The monoisotopic (exact) mass is 388 g/mol. The zero-order valence-electron chi connectivity index (χ0n) is 12.6. The van der Waals surface area contributed by atoms with Crippen molar-refractivity contribution in [3.63, 3.8) is 0 Å². The average molecular weight is 389 g/mol. The number of nitro groups is 1. The van der Waals surface area contributed by atoms with Crippen LogP contribution in [-0.4, -0.2) is 23.4 Å². The second-order valence-electron chi connectivity index (χ2n) is 4.77. The van der Waals surface area contributed by atoms with Gasteiger partial charge in [-0.1, -0.05) is 11.6 Å². The highest BCUT2D eigenvalue weighted by molar-refractivity contribution is 6.32. The van der Waals surface area contributed by atoms with E-state index >= 15 is 0 Å². The number of halogens is 4. The highest BCUT2D eigenvalue weighted by Gasteiger charge is 2.19. The molecule has 2 aromatic rings. The van der Waals surface area contributed by atoms with Gasteiger partial charge in [0.2, 0.25) is 0 Å². The van der Waals surface area contributed by atoms with Crippen LogP contribution in [0.3, 0.4) is 0 Å². The van der Waals surface area contributed by atoms with E-state index in [1.807, 2.05) is 5.32 Å². The summed E-state index contributed by atoms with van der Waals surface area (Å²) in [7, 11) is 0. The average Bonchev–Trinajstić information content (AvgIpc) is 2.60. The molecule has 26 heavy (non-hydrogen) atoms. The van der Waals surface area contributed by atoms with E-state index in [1.54, 1.807) is 0 Å². The number of carbonyl (C=O) groups excluding carboxylic acids is 2. The Morgan fingerprint density at radius 1 is 1.15 bits per heavy atom. The molecule has 0 aliphatic heterocycles. The Kier molecular flexibility index (Phi) is 5.78. The summed E-state index contributed by atoms with van der Waals surface area (Å²) in [5.74, 6) is -6.93. The second-order valence-corrected chi connectivity index (χ2v) is 5.18. The summed E-state index contributed by atoms with van der Waals surface area (Å²) < 4.78 is 43.9. The molecule has 0 saturated heterocycles. The third-order valence-electron chi connectivity index (χ3n) is 3.02. The van der Waals surface area contributed by atoms with Crippen molar-refractivity contribution in [2.45, 2.75) is 0 Å². The minimum Gasteiger partial charge on any atom is -0.452 e. The minimum absolute atomic E-state index is 0.196. The molecule has 0 atom stereocenters. The molecule has 2 aromatic carbocycles. The number of nitrogens with zero attached hydrogens (tertiary/aromatic N) is 1. The summed E-state index contributed by atoms with van der Waals surface area (Å²) in [4.78, 5) is 33.4. The molecular formula is C15H8ClF3N2O5. The van der Waals surface area contributed by atoms with Crippen molar-refractivity contribution < 1.29 is 32.4 Å². The lowest BCUT2D eigenvalue weighted by molar-refractivity contribution is -0.384. The molecule has 0 radical (unpaired) electrons. The van der Waals surface area contributed by atoms with Gasteiger partial charge in [0.05, 0.1) is 16.2 Å². The largest absolute Gasteiger partial charge is 0.452 e. The topological polar surface area (TPSA) is 98.5 Å². The van der Waals surface area contributed by atoms with E-state index in [0.29, 0.717) is 6.07 Å². The first-order chi connectivity index (χ1) is 12.2. The lowest BCUT2D eigenvalue weighted by Crippen LogP contribution is -2.21. The number of hydrogen-bond acceptors (Lipinski definition) is 5. The molecule has 2 rings (SSSR count).